The average Bonchev–Trinajstić information content (AvgIpc) is 2.83. The van der Waals surface area contributed by atoms with Crippen molar-refractivity contribution >= 4 is 21.6 Å². The summed E-state index contributed by atoms with van der Waals surface area (Å²) in [6, 6.07) is 6.64. The number of nitrogens with zero attached hydrogens (tertiary/aromatic N) is 1. The van der Waals surface area contributed by atoms with Gasteiger partial charge in [0.1, 0.15) is 0 Å². The van der Waals surface area contributed by atoms with E-state index in [1.807, 2.05) is 0 Å². The predicted molar refractivity (Wildman–Crippen MR) is 81.0 cm³/mol. The molecule has 0 unspecified atom stereocenters. The van der Waals surface area contributed by atoms with Gasteiger partial charge in [0.2, 0.25) is 10.0 Å². The molecule has 0 aromatic heterocycles. The quantitative estimate of drug-likeness (QED) is 0.795. The van der Waals surface area contributed by atoms with E-state index in [1.54, 1.807) is 31.4 Å². The molecule has 0 spiro atoms. The fourth-order valence-electron chi connectivity index (χ4n) is 2.23. The average molecular weight is 312 g/mol. The SMILES string of the molecule is COCCCNC(=O)c1ccc(N2CCCS2(=O)=O)cc1. The monoisotopic (exact) mass is 312 g/mol. The van der Waals surface area contributed by atoms with Crippen LogP contribution in [-0.4, -0.2) is 46.9 Å². The Morgan fingerprint density at radius 2 is 2.05 bits per heavy atom. The van der Waals surface area contributed by atoms with Gasteiger partial charge in [-0.15, -0.1) is 0 Å². The fraction of sp³-hybridized carbons (Fsp3) is 0.500. The van der Waals surface area contributed by atoms with Crippen LogP contribution in [0.3, 0.4) is 0 Å². The summed E-state index contributed by atoms with van der Waals surface area (Å²) in [4.78, 5) is 11.9. The normalized spacial score (nSPS) is 16.9. The van der Waals surface area contributed by atoms with E-state index in [4.69, 9.17) is 4.74 Å². The van der Waals surface area contributed by atoms with Crippen LogP contribution in [0.25, 0.3) is 0 Å². The summed E-state index contributed by atoms with van der Waals surface area (Å²) in [7, 11) is -1.56. The summed E-state index contributed by atoms with van der Waals surface area (Å²) in [5.41, 5.74) is 1.14. The van der Waals surface area contributed by atoms with E-state index in [9.17, 15) is 13.2 Å². The molecule has 1 heterocycles. The van der Waals surface area contributed by atoms with Crippen LogP contribution in [0.1, 0.15) is 23.2 Å². The second kappa shape index (κ2) is 6.91. The van der Waals surface area contributed by atoms with Crippen LogP contribution >= 0.6 is 0 Å². The van der Waals surface area contributed by atoms with Crippen LogP contribution < -0.4 is 9.62 Å². The van der Waals surface area contributed by atoms with Crippen molar-refractivity contribution in [1.29, 1.82) is 0 Å². The molecule has 21 heavy (non-hydrogen) atoms. The zero-order chi connectivity index (χ0) is 15.3. The second-order valence-corrected chi connectivity index (χ2v) is 6.90. The van der Waals surface area contributed by atoms with Crippen molar-refractivity contribution in [1.82, 2.24) is 5.32 Å². The standard InChI is InChI=1S/C14H20N2O4S/c1-20-10-2-8-15-14(17)12-4-6-13(7-5-12)16-9-3-11-21(16,18)19/h4-7H,2-3,8-11H2,1H3,(H,15,17). The number of carbonyl (C=O) groups is 1. The number of amides is 1. The molecule has 0 bridgehead atoms. The van der Waals surface area contributed by atoms with Gasteiger partial charge in [-0.2, -0.15) is 0 Å². The first-order valence-corrected chi connectivity index (χ1v) is 8.53. The van der Waals surface area contributed by atoms with Gasteiger partial charge in [-0.25, -0.2) is 8.42 Å². The molecule has 1 aliphatic rings. The minimum atomic E-state index is -3.17. The Hall–Kier alpha value is -1.60. The summed E-state index contributed by atoms with van der Waals surface area (Å²) >= 11 is 0. The van der Waals surface area contributed by atoms with Gasteiger partial charge in [0, 0.05) is 32.4 Å². The van der Waals surface area contributed by atoms with Crippen LogP contribution in [-0.2, 0) is 14.8 Å². The van der Waals surface area contributed by atoms with Gasteiger partial charge in [-0.05, 0) is 37.1 Å². The number of rotatable bonds is 6. The minimum absolute atomic E-state index is 0.165. The van der Waals surface area contributed by atoms with E-state index in [0.717, 1.165) is 6.42 Å². The maximum Gasteiger partial charge on any atom is 0.251 e. The third-order valence-corrected chi connectivity index (χ3v) is 5.20. The molecule has 0 atom stereocenters. The topological polar surface area (TPSA) is 75.7 Å². The molecule has 116 valence electrons. The number of benzene rings is 1. The number of methoxy groups -OCH3 is 1. The van der Waals surface area contributed by atoms with Crippen LogP contribution in [0.4, 0.5) is 5.69 Å². The minimum Gasteiger partial charge on any atom is -0.385 e. The Morgan fingerprint density at radius 1 is 1.33 bits per heavy atom. The lowest BCUT2D eigenvalue weighted by atomic mass is 10.2. The van der Waals surface area contributed by atoms with Crippen LogP contribution in [0.2, 0.25) is 0 Å². The fourth-order valence-corrected chi connectivity index (χ4v) is 3.79. The molecular formula is C14H20N2O4S. The highest BCUT2D eigenvalue weighted by atomic mass is 32.2. The summed E-state index contributed by atoms with van der Waals surface area (Å²) in [5, 5.41) is 2.79. The molecule has 1 saturated heterocycles. The third kappa shape index (κ3) is 3.95. The highest BCUT2D eigenvalue weighted by Crippen LogP contribution is 2.24. The smallest absolute Gasteiger partial charge is 0.251 e. The Morgan fingerprint density at radius 3 is 2.62 bits per heavy atom. The molecule has 1 N–H and O–H groups in total. The van der Waals surface area contributed by atoms with E-state index in [1.165, 1.54) is 4.31 Å². The van der Waals surface area contributed by atoms with Crippen molar-refractivity contribution in [3.8, 4) is 0 Å². The van der Waals surface area contributed by atoms with Crippen molar-refractivity contribution in [2.75, 3.05) is 36.9 Å². The number of carbonyl (C=O) groups excluding carboxylic acids is 1. The highest BCUT2D eigenvalue weighted by Gasteiger charge is 2.28. The van der Waals surface area contributed by atoms with Crippen molar-refractivity contribution < 1.29 is 17.9 Å². The zero-order valence-corrected chi connectivity index (χ0v) is 12.9. The van der Waals surface area contributed by atoms with Crippen LogP contribution in [0.15, 0.2) is 24.3 Å². The lowest BCUT2D eigenvalue weighted by molar-refractivity contribution is 0.0948. The molecule has 7 heteroatoms. The molecule has 1 fully saturated rings. The van der Waals surface area contributed by atoms with Crippen molar-refractivity contribution in [3.63, 3.8) is 0 Å². The molecular weight excluding hydrogens is 292 g/mol. The second-order valence-electron chi connectivity index (χ2n) is 4.89. The number of nitrogens with one attached hydrogen (secondary N) is 1. The molecule has 1 aromatic rings. The molecule has 2 rings (SSSR count). The number of ether oxygens (including phenoxy) is 1. The molecule has 0 saturated carbocycles. The summed E-state index contributed by atoms with van der Waals surface area (Å²) < 4.78 is 29.9. The van der Waals surface area contributed by atoms with Gasteiger partial charge in [0.15, 0.2) is 0 Å². The van der Waals surface area contributed by atoms with Crippen LogP contribution in [0.5, 0.6) is 0 Å². The number of hydrogen-bond acceptors (Lipinski definition) is 4. The summed E-state index contributed by atoms with van der Waals surface area (Å²) in [6.07, 6.45) is 1.40. The molecule has 0 radical (unpaired) electrons. The Kier molecular flexibility index (Phi) is 5.19. The first-order chi connectivity index (χ1) is 10.0. The maximum absolute atomic E-state index is 11.9. The summed E-state index contributed by atoms with van der Waals surface area (Å²) in [6.45, 7) is 1.66. The van der Waals surface area contributed by atoms with Crippen LogP contribution in [0, 0.1) is 0 Å². The molecule has 1 aromatic carbocycles. The Labute approximate surface area is 125 Å². The molecule has 0 aliphatic carbocycles. The predicted octanol–water partition coefficient (Wildman–Crippen LogP) is 0.993. The van der Waals surface area contributed by atoms with Crippen molar-refractivity contribution in [2.45, 2.75) is 12.8 Å². The highest BCUT2D eigenvalue weighted by molar-refractivity contribution is 7.93. The van der Waals surface area contributed by atoms with E-state index < -0.39 is 10.0 Å². The van der Waals surface area contributed by atoms with Crippen molar-refractivity contribution in [2.24, 2.45) is 0 Å². The van der Waals surface area contributed by atoms with Gasteiger partial charge >= 0.3 is 0 Å². The van der Waals surface area contributed by atoms with Gasteiger partial charge in [-0.1, -0.05) is 0 Å². The van der Waals surface area contributed by atoms with Gasteiger partial charge < -0.3 is 10.1 Å². The number of hydrogen-bond donors (Lipinski definition) is 1. The lowest BCUT2D eigenvalue weighted by Gasteiger charge is -2.17. The Balaban J connectivity index is 1.97. The number of anilines is 1. The van der Waals surface area contributed by atoms with Gasteiger partial charge in [-0.3, -0.25) is 9.10 Å². The Bertz CT molecular complexity index is 583. The summed E-state index contributed by atoms with van der Waals surface area (Å²) in [5.74, 6) is 0.0243. The van der Waals surface area contributed by atoms with Gasteiger partial charge in [0.05, 0.1) is 11.4 Å². The third-order valence-electron chi connectivity index (χ3n) is 3.33. The first kappa shape index (κ1) is 15.8. The maximum atomic E-state index is 11.9. The van der Waals surface area contributed by atoms with E-state index in [0.29, 0.717) is 37.4 Å². The molecule has 1 amide bonds. The van der Waals surface area contributed by atoms with Gasteiger partial charge in [0.25, 0.3) is 5.91 Å². The molecule has 6 nitrogen and oxygen atoms in total. The van der Waals surface area contributed by atoms with Crippen molar-refractivity contribution in [3.05, 3.63) is 29.8 Å². The lowest BCUT2D eigenvalue weighted by Crippen LogP contribution is -2.26. The van der Waals surface area contributed by atoms with E-state index >= 15 is 0 Å². The largest absolute Gasteiger partial charge is 0.385 e. The molecule has 1 aliphatic heterocycles. The first-order valence-electron chi connectivity index (χ1n) is 6.92. The van der Waals surface area contributed by atoms with E-state index in [-0.39, 0.29) is 11.7 Å². The van der Waals surface area contributed by atoms with E-state index in [2.05, 4.69) is 5.32 Å². The number of sulfonamides is 1. The zero-order valence-electron chi connectivity index (χ0n) is 12.0.